The maximum absolute atomic E-state index is 12.0. The molecule has 26 heavy (non-hydrogen) atoms. The Morgan fingerprint density at radius 2 is 1.92 bits per heavy atom. The van der Waals surface area contributed by atoms with Crippen LogP contribution in [-0.2, 0) is 11.2 Å². The fourth-order valence-corrected chi connectivity index (χ4v) is 2.36. The first-order chi connectivity index (χ1) is 12.5. The first kappa shape index (κ1) is 19.2. The second-order valence-electron chi connectivity index (χ2n) is 5.73. The Morgan fingerprint density at radius 1 is 1.19 bits per heavy atom. The maximum atomic E-state index is 12.0. The molecular formula is C19H22N2O5. The van der Waals surface area contributed by atoms with Crippen molar-refractivity contribution in [2.75, 3.05) is 19.0 Å². The number of carbonyl (C=O) groups is 1. The van der Waals surface area contributed by atoms with Gasteiger partial charge < -0.3 is 14.8 Å². The van der Waals surface area contributed by atoms with E-state index in [0.29, 0.717) is 11.4 Å². The lowest BCUT2D eigenvalue weighted by atomic mass is 10.1. The molecule has 0 aromatic heterocycles. The van der Waals surface area contributed by atoms with Crippen LogP contribution >= 0.6 is 0 Å². The second-order valence-corrected chi connectivity index (χ2v) is 5.73. The average Bonchev–Trinajstić information content (AvgIpc) is 2.65. The summed E-state index contributed by atoms with van der Waals surface area (Å²) < 4.78 is 10.3. The van der Waals surface area contributed by atoms with Crippen molar-refractivity contribution in [2.24, 2.45) is 0 Å². The van der Waals surface area contributed by atoms with Crippen molar-refractivity contribution in [3.05, 3.63) is 58.1 Å². The number of nitro groups is 1. The zero-order valence-electron chi connectivity index (χ0n) is 14.9. The topological polar surface area (TPSA) is 90.7 Å². The van der Waals surface area contributed by atoms with Gasteiger partial charge in [-0.2, -0.15) is 0 Å². The fraction of sp³-hybridized carbons (Fsp3) is 0.316. The Bertz CT molecular complexity index is 759. The zero-order chi connectivity index (χ0) is 18.9. The largest absolute Gasteiger partial charge is 0.496 e. The minimum absolute atomic E-state index is 0.0147. The van der Waals surface area contributed by atoms with Crippen molar-refractivity contribution in [3.63, 3.8) is 0 Å². The van der Waals surface area contributed by atoms with Crippen LogP contribution in [0.15, 0.2) is 42.5 Å². The van der Waals surface area contributed by atoms with E-state index in [1.165, 1.54) is 30.9 Å². The van der Waals surface area contributed by atoms with Crippen molar-refractivity contribution < 1.29 is 19.2 Å². The predicted molar refractivity (Wildman–Crippen MR) is 98.8 cm³/mol. The van der Waals surface area contributed by atoms with Gasteiger partial charge in [0.25, 0.3) is 5.91 Å². The average molecular weight is 358 g/mol. The van der Waals surface area contributed by atoms with Gasteiger partial charge >= 0.3 is 5.69 Å². The first-order valence-corrected chi connectivity index (χ1v) is 8.37. The molecule has 7 heteroatoms. The minimum Gasteiger partial charge on any atom is -0.496 e. The van der Waals surface area contributed by atoms with Gasteiger partial charge in [0.15, 0.2) is 12.4 Å². The summed E-state index contributed by atoms with van der Waals surface area (Å²) in [5.74, 6) is -0.0334. The molecule has 0 fully saturated rings. The molecule has 0 aliphatic rings. The molecule has 0 spiro atoms. The number of carbonyl (C=O) groups excluding carboxylic acids is 1. The number of nitrogens with zero attached hydrogens (tertiary/aromatic N) is 1. The number of ether oxygens (including phenoxy) is 2. The lowest BCUT2D eigenvalue weighted by Crippen LogP contribution is -2.20. The highest BCUT2D eigenvalue weighted by molar-refractivity contribution is 5.91. The third-order valence-electron chi connectivity index (χ3n) is 3.78. The molecule has 0 bridgehead atoms. The molecule has 0 unspecified atom stereocenters. The number of nitrogens with one attached hydrogen (secondary N) is 1. The highest BCUT2D eigenvalue weighted by Crippen LogP contribution is 2.30. The fourth-order valence-electron chi connectivity index (χ4n) is 2.36. The summed E-state index contributed by atoms with van der Waals surface area (Å²) in [4.78, 5) is 22.5. The highest BCUT2D eigenvalue weighted by Gasteiger charge is 2.17. The van der Waals surface area contributed by atoms with Gasteiger partial charge in [0.2, 0.25) is 0 Å². The predicted octanol–water partition coefficient (Wildman–Crippen LogP) is 3.96. The van der Waals surface area contributed by atoms with E-state index in [1.807, 2.05) is 24.3 Å². The van der Waals surface area contributed by atoms with Gasteiger partial charge in [-0.1, -0.05) is 25.5 Å². The van der Waals surface area contributed by atoms with Crippen LogP contribution in [0.25, 0.3) is 0 Å². The molecule has 2 rings (SSSR count). The molecule has 2 aromatic carbocycles. The molecule has 0 heterocycles. The molecular weight excluding hydrogens is 336 g/mol. The standard InChI is InChI=1S/C19H22N2O5/c1-3-4-5-14-6-8-15(9-7-14)20-19(22)13-26-18-11-10-16(25-2)12-17(18)21(23)24/h6-12H,3-5,13H2,1-2H3,(H,20,22). The Hall–Kier alpha value is -3.09. The van der Waals surface area contributed by atoms with Crippen molar-refractivity contribution in [1.29, 1.82) is 0 Å². The SMILES string of the molecule is CCCCc1ccc(NC(=O)COc2ccc(OC)cc2[N+](=O)[O-])cc1. The molecule has 1 amide bonds. The summed E-state index contributed by atoms with van der Waals surface area (Å²) in [6.45, 7) is 1.81. The minimum atomic E-state index is -0.579. The summed E-state index contributed by atoms with van der Waals surface area (Å²) in [6, 6.07) is 11.8. The molecule has 0 aliphatic heterocycles. The smallest absolute Gasteiger partial charge is 0.314 e. The summed E-state index contributed by atoms with van der Waals surface area (Å²) in [7, 11) is 1.42. The van der Waals surface area contributed by atoms with Gasteiger partial charge in [0.1, 0.15) is 5.75 Å². The molecule has 0 saturated carbocycles. The number of benzene rings is 2. The Morgan fingerprint density at radius 3 is 2.54 bits per heavy atom. The van der Waals surface area contributed by atoms with Crippen molar-refractivity contribution in [3.8, 4) is 11.5 Å². The van der Waals surface area contributed by atoms with Crippen LogP contribution in [0, 0.1) is 10.1 Å². The van der Waals surface area contributed by atoms with Crippen molar-refractivity contribution in [1.82, 2.24) is 0 Å². The van der Waals surface area contributed by atoms with E-state index in [4.69, 9.17) is 9.47 Å². The normalized spacial score (nSPS) is 10.2. The number of nitro benzene ring substituents is 1. The number of hydrogen-bond acceptors (Lipinski definition) is 5. The summed E-state index contributed by atoms with van der Waals surface area (Å²) >= 11 is 0. The molecule has 2 aromatic rings. The molecule has 0 aliphatic carbocycles. The lowest BCUT2D eigenvalue weighted by molar-refractivity contribution is -0.385. The third kappa shape index (κ3) is 5.47. The van der Waals surface area contributed by atoms with Crippen LogP contribution in [-0.4, -0.2) is 24.5 Å². The summed E-state index contributed by atoms with van der Waals surface area (Å²) in [5, 5.41) is 13.8. The number of methoxy groups -OCH3 is 1. The number of unbranched alkanes of at least 4 members (excludes halogenated alkanes) is 1. The zero-order valence-corrected chi connectivity index (χ0v) is 14.9. The lowest BCUT2D eigenvalue weighted by Gasteiger charge is -2.09. The molecule has 0 radical (unpaired) electrons. The summed E-state index contributed by atoms with van der Waals surface area (Å²) in [6.07, 6.45) is 3.27. The van der Waals surface area contributed by atoms with Gasteiger partial charge in [0.05, 0.1) is 18.1 Å². The van der Waals surface area contributed by atoms with Crippen LogP contribution < -0.4 is 14.8 Å². The second kappa shape index (κ2) is 9.41. The number of aryl methyl sites for hydroxylation is 1. The van der Waals surface area contributed by atoms with E-state index < -0.39 is 10.8 Å². The quantitative estimate of drug-likeness (QED) is 0.541. The van der Waals surface area contributed by atoms with Gasteiger partial charge in [-0.15, -0.1) is 0 Å². The molecule has 1 N–H and O–H groups in total. The van der Waals surface area contributed by atoms with E-state index in [0.717, 1.165) is 19.3 Å². The van der Waals surface area contributed by atoms with Crippen LogP contribution in [0.1, 0.15) is 25.3 Å². The Labute approximate surface area is 152 Å². The van der Waals surface area contributed by atoms with Crippen LogP contribution in [0.3, 0.4) is 0 Å². The number of rotatable bonds is 9. The van der Waals surface area contributed by atoms with Gasteiger partial charge in [-0.25, -0.2) is 0 Å². The Kier molecular flexibility index (Phi) is 6.96. The number of hydrogen-bond donors (Lipinski definition) is 1. The van der Waals surface area contributed by atoms with E-state index in [1.54, 1.807) is 0 Å². The van der Waals surface area contributed by atoms with Gasteiger partial charge in [-0.05, 0) is 42.7 Å². The third-order valence-corrected chi connectivity index (χ3v) is 3.78. The van der Waals surface area contributed by atoms with Crippen molar-refractivity contribution >= 4 is 17.3 Å². The number of anilines is 1. The van der Waals surface area contributed by atoms with E-state index in [9.17, 15) is 14.9 Å². The number of amides is 1. The van der Waals surface area contributed by atoms with E-state index in [2.05, 4.69) is 12.2 Å². The molecule has 0 saturated heterocycles. The maximum Gasteiger partial charge on any atom is 0.314 e. The molecule has 7 nitrogen and oxygen atoms in total. The van der Waals surface area contributed by atoms with Gasteiger partial charge in [-0.3, -0.25) is 14.9 Å². The monoisotopic (exact) mass is 358 g/mol. The van der Waals surface area contributed by atoms with Crippen LogP contribution in [0.4, 0.5) is 11.4 Å². The Balaban J connectivity index is 1.93. The molecule has 0 atom stereocenters. The van der Waals surface area contributed by atoms with E-state index in [-0.39, 0.29) is 18.0 Å². The van der Waals surface area contributed by atoms with Crippen molar-refractivity contribution in [2.45, 2.75) is 26.2 Å². The highest BCUT2D eigenvalue weighted by atomic mass is 16.6. The van der Waals surface area contributed by atoms with E-state index >= 15 is 0 Å². The first-order valence-electron chi connectivity index (χ1n) is 8.37. The summed E-state index contributed by atoms with van der Waals surface area (Å²) in [5.41, 5.74) is 1.62. The van der Waals surface area contributed by atoms with Gasteiger partial charge in [0, 0.05) is 5.69 Å². The van der Waals surface area contributed by atoms with Crippen LogP contribution in [0.5, 0.6) is 11.5 Å². The molecule has 138 valence electrons. The van der Waals surface area contributed by atoms with Crippen LogP contribution in [0.2, 0.25) is 0 Å².